The monoisotopic (exact) mass is 190 g/mol. The molecule has 2 aromatic rings. The van der Waals surface area contributed by atoms with Gasteiger partial charge in [-0.25, -0.2) is 9.97 Å². The molecule has 0 aliphatic rings. The number of aryl methyl sites for hydroxylation is 1. The Morgan fingerprint density at radius 3 is 2.93 bits per heavy atom. The van der Waals surface area contributed by atoms with Crippen molar-refractivity contribution < 1.29 is 9.52 Å². The van der Waals surface area contributed by atoms with Gasteiger partial charge < -0.3 is 9.52 Å². The van der Waals surface area contributed by atoms with Crippen molar-refractivity contribution in [2.75, 3.05) is 0 Å². The lowest BCUT2D eigenvalue weighted by Crippen LogP contribution is -1.96. The summed E-state index contributed by atoms with van der Waals surface area (Å²) in [5.74, 6) is 0.619. The molecule has 0 radical (unpaired) electrons. The second-order valence-corrected chi connectivity index (χ2v) is 2.97. The van der Waals surface area contributed by atoms with Crippen molar-refractivity contribution in [1.82, 2.24) is 9.97 Å². The highest BCUT2D eigenvalue weighted by Gasteiger charge is 2.05. The van der Waals surface area contributed by atoms with Gasteiger partial charge >= 0.3 is 0 Å². The van der Waals surface area contributed by atoms with Crippen molar-refractivity contribution in [3.8, 4) is 11.4 Å². The summed E-state index contributed by atoms with van der Waals surface area (Å²) in [7, 11) is 0. The second kappa shape index (κ2) is 3.59. The van der Waals surface area contributed by atoms with Gasteiger partial charge in [-0.05, 0) is 13.0 Å². The molecule has 0 bridgehead atoms. The molecule has 4 heteroatoms. The van der Waals surface area contributed by atoms with Crippen LogP contribution in [0.2, 0.25) is 0 Å². The van der Waals surface area contributed by atoms with Crippen LogP contribution in [0.1, 0.15) is 11.3 Å². The fourth-order valence-electron chi connectivity index (χ4n) is 1.18. The highest BCUT2D eigenvalue weighted by atomic mass is 16.3. The first-order chi connectivity index (χ1) is 6.81. The molecule has 2 aromatic heterocycles. The minimum absolute atomic E-state index is 0.0303. The molecule has 2 rings (SSSR count). The molecule has 2 heterocycles. The number of hydrogen-bond acceptors (Lipinski definition) is 4. The third-order valence-electron chi connectivity index (χ3n) is 2.03. The Hall–Kier alpha value is -1.68. The zero-order valence-electron chi connectivity index (χ0n) is 7.77. The van der Waals surface area contributed by atoms with Gasteiger partial charge in [0.15, 0.2) is 5.82 Å². The lowest BCUT2D eigenvalue weighted by molar-refractivity contribution is 0.280. The van der Waals surface area contributed by atoms with Crippen LogP contribution in [0.3, 0.4) is 0 Å². The van der Waals surface area contributed by atoms with E-state index in [1.165, 1.54) is 0 Å². The molecule has 72 valence electrons. The lowest BCUT2D eigenvalue weighted by atomic mass is 10.2. The van der Waals surface area contributed by atoms with Crippen LogP contribution >= 0.6 is 0 Å². The minimum atomic E-state index is -0.0303. The van der Waals surface area contributed by atoms with Gasteiger partial charge in [-0.2, -0.15) is 0 Å². The summed E-state index contributed by atoms with van der Waals surface area (Å²) in [6.45, 7) is 1.81. The van der Waals surface area contributed by atoms with Crippen LogP contribution in [0, 0.1) is 6.92 Å². The SMILES string of the molecule is Cc1nc(-c2ccoc2)ncc1CO. The van der Waals surface area contributed by atoms with Crippen LogP contribution in [0.5, 0.6) is 0 Å². The first-order valence-electron chi connectivity index (χ1n) is 4.27. The van der Waals surface area contributed by atoms with Crippen LogP contribution in [-0.4, -0.2) is 15.1 Å². The zero-order valence-corrected chi connectivity index (χ0v) is 7.77. The normalized spacial score (nSPS) is 10.4. The first kappa shape index (κ1) is 8.90. The predicted molar refractivity (Wildman–Crippen MR) is 50.4 cm³/mol. The number of hydrogen-bond donors (Lipinski definition) is 1. The summed E-state index contributed by atoms with van der Waals surface area (Å²) in [6, 6.07) is 1.80. The summed E-state index contributed by atoms with van der Waals surface area (Å²) >= 11 is 0. The van der Waals surface area contributed by atoms with E-state index in [4.69, 9.17) is 9.52 Å². The molecule has 0 saturated carbocycles. The van der Waals surface area contributed by atoms with Crippen molar-refractivity contribution in [3.05, 3.63) is 36.0 Å². The number of nitrogens with zero attached hydrogens (tertiary/aromatic N) is 2. The van der Waals surface area contributed by atoms with Gasteiger partial charge in [0.1, 0.15) is 6.26 Å². The van der Waals surface area contributed by atoms with Crippen molar-refractivity contribution in [1.29, 1.82) is 0 Å². The van der Waals surface area contributed by atoms with Gasteiger partial charge in [0.25, 0.3) is 0 Å². The number of aliphatic hydroxyl groups is 1. The molecule has 0 aliphatic heterocycles. The van der Waals surface area contributed by atoms with Crippen molar-refractivity contribution in [2.45, 2.75) is 13.5 Å². The number of aliphatic hydroxyl groups excluding tert-OH is 1. The van der Waals surface area contributed by atoms with Crippen LogP contribution < -0.4 is 0 Å². The fourth-order valence-corrected chi connectivity index (χ4v) is 1.18. The molecular weight excluding hydrogens is 180 g/mol. The summed E-state index contributed by atoms with van der Waals surface area (Å²) in [5, 5.41) is 8.94. The Bertz CT molecular complexity index is 424. The molecule has 0 aliphatic carbocycles. The first-order valence-corrected chi connectivity index (χ1v) is 4.27. The summed E-state index contributed by atoms with van der Waals surface area (Å²) < 4.78 is 4.94. The van der Waals surface area contributed by atoms with Crippen LogP contribution in [0.15, 0.2) is 29.2 Å². The molecule has 0 aromatic carbocycles. The Morgan fingerprint density at radius 1 is 1.50 bits per heavy atom. The summed E-state index contributed by atoms with van der Waals surface area (Å²) in [6.07, 6.45) is 4.80. The highest BCUT2D eigenvalue weighted by molar-refractivity contribution is 5.52. The van der Waals surface area contributed by atoms with E-state index in [1.807, 2.05) is 6.92 Å². The van der Waals surface area contributed by atoms with Gasteiger partial charge in [0, 0.05) is 17.5 Å². The van der Waals surface area contributed by atoms with Crippen molar-refractivity contribution in [2.24, 2.45) is 0 Å². The average molecular weight is 190 g/mol. The van der Waals surface area contributed by atoms with Gasteiger partial charge in [-0.15, -0.1) is 0 Å². The lowest BCUT2D eigenvalue weighted by Gasteiger charge is -2.02. The molecule has 4 nitrogen and oxygen atoms in total. The zero-order chi connectivity index (χ0) is 9.97. The van der Waals surface area contributed by atoms with Gasteiger partial charge in [-0.1, -0.05) is 0 Å². The van der Waals surface area contributed by atoms with Gasteiger partial charge in [0.05, 0.1) is 18.4 Å². The molecule has 0 fully saturated rings. The third-order valence-corrected chi connectivity index (χ3v) is 2.03. The quantitative estimate of drug-likeness (QED) is 0.780. The van der Waals surface area contributed by atoms with E-state index in [-0.39, 0.29) is 6.61 Å². The molecule has 0 spiro atoms. The van der Waals surface area contributed by atoms with E-state index in [9.17, 15) is 0 Å². The standard InChI is InChI=1S/C10H10N2O2/c1-7-9(5-13)4-11-10(12-7)8-2-3-14-6-8/h2-4,6,13H,5H2,1H3. The predicted octanol–water partition coefficient (Wildman–Crippen LogP) is 1.54. The molecule has 0 saturated heterocycles. The molecule has 14 heavy (non-hydrogen) atoms. The molecule has 1 N–H and O–H groups in total. The Labute approximate surface area is 81.2 Å². The molecule has 0 atom stereocenters. The van der Waals surface area contributed by atoms with Gasteiger partial charge in [0.2, 0.25) is 0 Å². The highest BCUT2D eigenvalue weighted by Crippen LogP contribution is 2.16. The van der Waals surface area contributed by atoms with Crippen molar-refractivity contribution in [3.63, 3.8) is 0 Å². The minimum Gasteiger partial charge on any atom is -0.472 e. The fraction of sp³-hybridized carbons (Fsp3) is 0.200. The largest absolute Gasteiger partial charge is 0.472 e. The van der Waals surface area contributed by atoms with E-state index in [1.54, 1.807) is 24.8 Å². The summed E-state index contributed by atoms with van der Waals surface area (Å²) in [4.78, 5) is 8.38. The van der Waals surface area contributed by atoms with E-state index in [2.05, 4.69) is 9.97 Å². The number of furan rings is 1. The van der Waals surface area contributed by atoms with E-state index >= 15 is 0 Å². The van der Waals surface area contributed by atoms with Crippen molar-refractivity contribution >= 4 is 0 Å². The Morgan fingerprint density at radius 2 is 2.36 bits per heavy atom. The second-order valence-electron chi connectivity index (χ2n) is 2.97. The number of aromatic nitrogens is 2. The van der Waals surface area contributed by atoms with E-state index in [0.717, 1.165) is 16.8 Å². The molecule has 0 amide bonds. The smallest absolute Gasteiger partial charge is 0.162 e. The Balaban J connectivity index is 2.43. The maximum atomic E-state index is 8.94. The molecular formula is C10H10N2O2. The van der Waals surface area contributed by atoms with E-state index in [0.29, 0.717) is 5.82 Å². The molecule has 0 unspecified atom stereocenters. The Kier molecular flexibility index (Phi) is 2.28. The topological polar surface area (TPSA) is 59.2 Å². The maximum absolute atomic E-state index is 8.94. The van der Waals surface area contributed by atoms with Gasteiger partial charge in [-0.3, -0.25) is 0 Å². The third kappa shape index (κ3) is 1.52. The van der Waals surface area contributed by atoms with Crippen LogP contribution in [0.25, 0.3) is 11.4 Å². The van der Waals surface area contributed by atoms with E-state index < -0.39 is 0 Å². The number of rotatable bonds is 2. The van der Waals surface area contributed by atoms with Crippen LogP contribution in [0.4, 0.5) is 0 Å². The average Bonchev–Trinajstić information content (AvgIpc) is 2.70. The maximum Gasteiger partial charge on any atom is 0.162 e. The van der Waals surface area contributed by atoms with Crippen LogP contribution in [-0.2, 0) is 6.61 Å². The summed E-state index contributed by atoms with van der Waals surface area (Å²) in [5.41, 5.74) is 2.38.